The van der Waals surface area contributed by atoms with E-state index in [9.17, 15) is 4.79 Å². The van der Waals surface area contributed by atoms with Gasteiger partial charge in [0.2, 0.25) is 0 Å². The van der Waals surface area contributed by atoms with Gasteiger partial charge in [-0.3, -0.25) is 9.79 Å². The van der Waals surface area contributed by atoms with E-state index in [-0.39, 0.29) is 5.97 Å². The Morgan fingerprint density at radius 3 is 2.61 bits per heavy atom. The first-order valence-electron chi connectivity index (χ1n) is 8.48. The number of benzene rings is 1. The van der Waals surface area contributed by atoms with Crippen molar-refractivity contribution in [2.75, 3.05) is 32.1 Å². The normalized spacial score (nSPS) is 15.3. The number of hydrogen-bond acceptors (Lipinski definition) is 3. The molecule has 0 unspecified atom stereocenters. The molecule has 5 nitrogen and oxygen atoms in total. The van der Waals surface area contributed by atoms with E-state index >= 15 is 0 Å². The third-order valence-electron chi connectivity index (χ3n) is 3.96. The third kappa shape index (κ3) is 6.30. The van der Waals surface area contributed by atoms with E-state index in [1.807, 2.05) is 18.2 Å². The van der Waals surface area contributed by atoms with Crippen molar-refractivity contribution in [1.82, 2.24) is 4.90 Å². The first-order valence-corrected chi connectivity index (χ1v) is 8.48. The molecule has 23 heavy (non-hydrogen) atoms. The van der Waals surface area contributed by atoms with Gasteiger partial charge in [-0.25, -0.2) is 0 Å². The lowest BCUT2D eigenvalue weighted by atomic mass is 10.1. The van der Waals surface area contributed by atoms with Gasteiger partial charge < -0.3 is 15.0 Å². The van der Waals surface area contributed by atoms with Crippen LogP contribution in [0.15, 0.2) is 35.3 Å². The number of piperidine rings is 1. The topological polar surface area (TPSA) is 53.9 Å². The van der Waals surface area contributed by atoms with Crippen LogP contribution >= 0.6 is 0 Å². The van der Waals surface area contributed by atoms with Gasteiger partial charge in [0, 0.05) is 31.7 Å². The summed E-state index contributed by atoms with van der Waals surface area (Å²) in [6.07, 6.45) is 5.92. The number of carbonyl (C=O) groups is 1. The molecule has 1 fully saturated rings. The van der Waals surface area contributed by atoms with Crippen LogP contribution < -0.4 is 5.32 Å². The van der Waals surface area contributed by atoms with Crippen molar-refractivity contribution in [1.29, 1.82) is 0 Å². The number of unbranched alkanes of at least 4 members (excludes halogenated alkanes) is 1. The largest absolute Gasteiger partial charge is 0.469 e. The SMILES string of the molecule is COC(=O)CCCCN=C(Nc1ccccc1)N1CCCCC1. The van der Waals surface area contributed by atoms with E-state index in [1.165, 1.54) is 26.4 Å². The summed E-state index contributed by atoms with van der Waals surface area (Å²) in [7, 11) is 1.43. The van der Waals surface area contributed by atoms with Gasteiger partial charge in [-0.05, 0) is 44.2 Å². The lowest BCUT2D eigenvalue weighted by Gasteiger charge is -2.30. The van der Waals surface area contributed by atoms with Crippen molar-refractivity contribution in [3.05, 3.63) is 30.3 Å². The smallest absolute Gasteiger partial charge is 0.305 e. The zero-order valence-corrected chi connectivity index (χ0v) is 14.0. The van der Waals surface area contributed by atoms with Crippen molar-refractivity contribution in [3.8, 4) is 0 Å². The molecule has 1 aromatic rings. The Balaban J connectivity index is 1.89. The summed E-state index contributed by atoms with van der Waals surface area (Å²) in [5.41, 5.74) is 1.06. The van der Waals surface area contributed by atoms with Gasteiger partial charge in [-0.1, -0.05) is 18.2 Å². The predicted molar refractivity (Wildman–Crippen MR) is 93.7 cm³/mol. The number of methoxy groups -OCH3 is 1. The summed E-state index contributed by atoms with van der Waals surface area (Å²) in [6, 6.07) is 10.2. The quantitative estimate of drug-likeness (QED) is 0.379. The molecule has 0 radical (unpaired) electrons. The van der Waals surface area contributed by atoms with Gasteiger partial charge in [-0.15, -0.1) is 0 Å². The summed E-state index contributed by atoms with van der Waals surface area (Å²) in [5, 5.41) is 3.44. The highest BCUT2D eigenvalue weighted by atomic mass is 16.5. The Morgan fingerprint density at radius 2 is 1.91 bits per heavy atom. The van der Waals surface area contributed by atoms with Gasteiger partial charge in [0.05, 0.1) is 7.11 Å². The minimum Gasteiger partial charge on any atom is -0.469 e. The number of rotatable bonds is 6. The molecule has 0 amide bonds. The number of likely N-dealkylation sites (tertiary alicyclic amines) is 1. The molecular formula is C18H27N3O2. The van der Waals surface area contributed by atoms with Crippen LogP contribution in [0.2, 0.25) is 0 Å². The van der Waals surface area contributed by atoms with Crippen LogP contribution in [0.1, 0.15) is 38.5 Å². The third-order valence-corrected chi connectivity index (χ3v) is 3.96. The number of hydrogen-bond donors (Lipinski definition) is 1. The molecule has 0 atom stereocenters. The number of para-hydroxylation sites is 1. The fraction of sp³-hybridized carbons (Fsp3) is 0.556. The zero-order chi connectivity index (χ0) is 16.3. The number of ether oxygens (including phenoxy) is 1. The van der Waals surface area contributed by atoms with Gasteiger partial charge >= 0.3 is 5.97 Å². The van der Waals surface area contributed by atoms with Crippen molar-refractivity contribution in [2.24, 2.45) is 4.99 Å². The van der Waals surface area contributed by atoms with E-state index in [4.69, 9.17) is 4.99 Å². The van der Waals surface area contributed by atoms with Crippen LogP contribution in [0.4, 0.5) is 5.69 Å². The molecule has 1 N–H and O–H groups in total. The summed E-state index contributed by atoms with van der Waals surface area (Å²) >= 11 is 0. The molecule has 1 aliphatic rings. The van der Waals surface area contributed by atoms with E-state index in [0.29, 0.717) is 6.42 Å². The molecule has 1 aliphatic heterocycles. The highest BCUT2D eigenvalue weighted by molar-refractivity contribution is 5.93. The molecule has 0 bridgehead atoms. The van der Waals surface area contributed by atoms with Gasteiger partial charge in [0.15, 0.2) is 5.96 Å². The van der Waals surface area contributed by atoms with Crippen molar-refractivity contribution < 1.29 is 9.53 Å². The number of carbonyl (C=O) groups excluding carboxylic acids is 1. The maximum absolute atomic E-state index is 11.1. The van der Waals surface area contributed by atoms with Crippen LogP contribution in [-0.2, 0) is 9.53 Å². The van der Waals surface area contributed by atoms with E-state index < -0.39 is 0 Å². The van der Waals surface area contributed by atoms with Crippen molar-refractivity contribution >= 4 is 17.6 Å². The lowest BCUT2D eigenvalue weighted by molar-refractivity contribution is -0.140. The summed E-state index contributed by atoms with van der Waals surface area (Å²) in [6.45, 7) is 2.84. The number of aliphatic imine (C=N–C) groups is 1. The molecule has 2 rings (SSSR count). The number of nitrogens with zero attached hydrogens (tertiary/aromatic N) is 2. The predicted octanol–water partition coefficient (Wildman–Crippen LogP) is 3.28. The van der Waals surface area contributed by atoms with Crippen LogP contribution in [0.3, 0.4) is 0 Å². The Hall–Kier alpha value is -2.04. The Labute approximate surface area is 138 Å². The highest BCUT2D eigenvalue weighted by Gasteiger charge is 2.14. The molecule has 0 saturated carbocycles. The van der Waals surface area contributed by atoms with Crippen LogP contribution in [0, 0.1) is 0 Å². The molecular weight excluding hydrogens is 290 g/mol. The van der Waals surface area contributed by atoms with Crippen LogP contribution in [0.25, 0.3) is 0 Å². The van der Waals surface area contributed by atoms with Crippen LogP contribution in [0.5, 0.6) is 0 Å². The molecule has 0 aliphatic carbocycles. The number of esters is 1. The second kappa shape index (κ2) is 9.87. The highest BCUT2D eigenvalue weighted by Crippen LogP contribution is 2.13. The molecule has 126 valence electrons. The Kier molecular flexibility index (Phi) is 7.43. The van der Waals surface area contributed by atoms with Crippen molar-refractivity contribution in [3.63, 3.8) is 0 Å². The minimum atomic E-state index is -0.146. The number of anilines is 1. The van der Waals surface area contributed by atoms with E-state index in [0.717, 1.165) is 44.1 Å². The maximum Gasteiger partial charge on any atom is 0.305 e. The summed E-state index contributed by atoms with van der Waals surface area (Å²) in [4.78, 5) is 18.2. The summed E-state index contributed by atoms with van der Waals surface area (Å²) < 4.78 is 4.66. The van der Waals surface area contributed by atoms with Gasteiger partial charge in [0.1, 0.15) is 0 Å². The monoisotopic (exact) mass is 317 g/mol. The first-order chi connectivity index (χ1) is 11.3. The fourth-order valence-corrected chi connectivity index (χ4v) is 2.64. The average molecular weight is 317 g/mol. The van der Waals surface area contributed by atoms with E-state index in [2.05, 4.69) is 27.1 Å². The van der Waals surface area contributed by atoms with Crippen LogP contribution in [-0.4, -0.2) is 43.6 Å². The minimum absolute atomic E-state index is 0.146. The molecule has 1 saturated heterocycles. The first kappa shape index (κ1) is 17.3. The summed E-state index contributed by atoms with van der Waals surface area (Å²) in [5.74, 6) is 0.807. The Morgan fingerprint density at radius 1 is 1.17 bits per heavy atom. The fourth-order valence-electron chi connectivity index (χ4n) is 2.64. The average Bonchev–Trinajstić information content (AvgIpc) is 2.62. The number of nitrogens with one attached hydrogen (secondary N) is 1. The standard InChI is InChI=1S/C18H27N3O2/c1-23-17(22)12-6-7-13-19-18(21-14-8-3-9-15-21)20-16-10-4-2-5-11-16/h2,4-5,10-11H,3,6-9,12-15H2,1H3,(H,19,20). The second-order valence-corrected chi connectivity index (χ2v) is 5.78. The zero-order valence-electron chi connectivity index (χ0n) is 14.0. The molecule has 5 heteroatoms. The molecule has 1 aromatic carbocycles. The second-order valence-electron chi connectivity index (χ2n) is 5.78. The van der Waals surface area contributed by atoms with Crippen molar-refractivity contribution in [2.45, 2.75) is 38.5 Å². The molecule has 0 spiro atoms. The van der Waals surface area contributed by atoms with Gasteiger partial charge in [0.25, 0.3) is 0 Å². The van der Waals surface area contributed by atoms with Gasteiger partial charge in [-0.2, -0.15) is 0 Å². The molecule has 0 aromatic heterocycles. The molecule has 1 heterocycles. The Bertz CT molecular complexity index is 496. The van der Waals surface area contributed by atoms with E-state index in [1.54, 1.807) is 0 Å². The lowest BCUT2D eigenvalue weighted by Crippen LogP contribution is -2.40. The number of guanidine groups is 1. The maximum atomic E-state index is 11.1.